The largest absolute Gasteiger partial charge is 0.493 e. The van der Waals surface area contributed by atoms with E-state index in [0.29, 0.717) is 17.1 Å². The highest BCUT2D eigenvalue weighted by atomic mass is 19.1. The number of aromatic nitrogens is 1. The average molecular weight is 395 g/mol. The van der Waals surface area contributed by atoms with E-state index in [-0.39, 0.29) is 18.2 Å². The van der Waals surface area contributed by atoms with E-state index in [1.54, 1.807) is 19.2 Å². The third-order valence-corrected chi connectivity index (χ3v) is 5.09. The van der Waals surface area contributed by atoms with Crippen molar-refractivity contribution in [1.82, 2.24) is 4.57 Å². The average Bonchev–Trinajstić information content (AvgIpc) is 3.00. The van der Waals surface area contributed by atoms with Gasteiger partial charge in [0.05, 0.1) is 7.11 Å². The Kier molecular flexibility index (Phi) is 6.37. The molecule has 1 heterocycles. The number of benzene rings is 2. The Hall–Kier alpha value is -3.08. The first-order valence-electron chi connectivity index (χ1n) is 9.61. The smallest absolute Gasteiger partial charge is 0.202 e. The molecule has 29 heavy (non-hydrogen) atoms. The van der Waals surface area contributed by atoms with E-state index in [4.69, 9.17) is 9.47 Å². The first-order chi connectivity index (χ1) is 13.9. The molecule has 3 aromatic rings. The zero-order valence-electron chi connectivity index (χ0n) is 17.3. The quantitative estimate of drug-likeness (QED) is 0.500. The molecular weight excluding hydrogens is 369 g/mol. The van der Waals surface area contributed by atoms with Gasteiger partial charge < -0.3 is 14.0 Å². The van der Waals surface area contributed by atoms with Gasteiger partial charge in [-0.1, -0.05) is 18.2 Å². The highest BCUT2D eigenvalue weighted by Gasteiger charge is 2.17. The van der Waals surface area contributed by atoms with Crippen LogP contribution in [0.5, 0.6) is 11.5 Å². The van der Waals surface area contributed by atoms with E-state index in [1.165, 1.54) is 12.1 Å². The molecule has 0 aliphatic rings. The number of hydrogen-bond acceptors (Lipinski definition) is 3. The summed E-state index contributed by atoms with van der Waals surface area (Å²) in [5, 5.41) is 0. The minimum absolute atomic E-state index is 0.0539. The lowest BCUT2D eigenvalue weighted by molar-refractivity contribution is 0.0918. The van der Waals surface area contributed by atoms with Crippen molar-refractivity contribution in [3.05, 3.63) is 82.4 Å². The molecule has 0 saturated carbocycles. The summed E-state index contributed by atoms with van der Waals surface area (Å²) in [7, 11) is 1.58. The molecule has 4 nitrogen and oxygen atoms in total. The number of halogens is 1. The molecule has 0 amide bonds. The Morgan fingerprint density at radius 3 is 2.41 bits per heavy atom. The lowest BCUT2D eigenvalue weighted by Crippen LogP contribution is -2.13. The number of hydrogen-bond donors (Lipinski definition) is 0. The van der Waals surface area contributed by atoms with Crippen molar-refractivity contribution in [1.29, 1.82) is 0 Å². The molecule has 0 spiro atoms. The molecule has 3 rings (SSSR count). The zero-order chi connectivity index (χ0) is 21.0. The Morgan fingerprint density at radius 2 is 1.72 bits per heavy atom. The second-order valence-corrected chi connectivity index (χ2v) is 7.18. The van der Waals surface area contributed by atoms with E-state index in [9.17, 15) is 9.18 Å². The number of carbonyl (C=O) groups excluding carboxylic acids is 1. The maximum Gasteiger partial charge on any atom is 0.202 e. The van der Waals surface area contributed by atoms with Gasteiger partial charge in [-0.25, -0.2) is 4.39 Å². The fraction of sp³-hybridized carbons (Fsp3) is 0.292. The maximum absolute atomic E-state index is 13.1. The molecule has 0 atom stereocenters. The van der Waals surface area contributed by atoms with Crippen molar-refractivity contribution in [2.75, 3.05) is 13.7 Å². The van der Waals surface area contributed by atoms with E-state index >= 15 is 0 Å². The number of carbonyl (C=O) groups is 1. The normalized spacial score (nSPS) is 10.8. The van der Waals surface area contributed by atoms with Crippen LogP contribution in [0.2, 0.25) is 0 Å². The van der Waals surface area contributed by atoms with Gasteiger partial charge in [-0.3, -0.25) is 4.79 Å². The van der Waals surface area contributed by atoms with E-state index in [0.717, 1.165) is 35.5 Å². The van der Waals surface area contributed by atoms with E-state index in [2.05, 4.69) is 4.57 Å². The number of ether oxygens (including phenoxy) is 2. The minimum Gasteiger partial charge on any atom is -0.493 e. The van der Waals surface area contributed by atoms with Crippen LogP contribution in [0, 0.1) is 26.6 Å². The van der Waals surface area contributed by atoms with Crippen molar-refractivity contribution in [2.45, 2.75) is 33.7 Å². The molecule has 0 saturated heterocycles. The molecule has 0 aliphatic heterocycles. The van der Waals surface area contributed by atoms with Gasteiger partial charge >= 0.3 is 0 Å². The second-order valence-electron chi connectivity index (χ2n) is 7.18. The van der Waals surface area contributed by atoms with Gasteiger partial charge in [-0.2, -0.15) is 0 Å². The molecule has 0 radical (unpaired) electrons. The molecule has 2 aromatic carbocycles. The van der Waals surface area contributed by atoms with Crippen LogP contribution in [-0.4, -0.2) is 24.1 Å². The number of ketones is 1. The molecule has 0 unspecified atom stereocenters. The summed E-state index contributed by atoms with van der Waals surface area (Å²) in [6.45, 7) is 6.57. The molecular formula is C24H26FNO3. The molecule has 1 aromatic heterocycles. The number of Topliss-reactive ketones (excluding diaryl/α,β-unsaturated/α-hetero) is 1. The summed E-state index contributed by atoms with van der Waals surface area (Å²) < 4.78 is 26.2. The molecule has 5 heteroatoms. The van der Waals surface area contributed by atoms with Crippen LogP contribution in [0.15, 0.2) is 48.5 Å². The van der Waals surface area contributed by atoms with Crippen molar-refractivity contribution in [3.63, 3.8) is 0 Å². The fourth-order valence-corrected chi connectivity index (χ4v) is 3.43. The van der Waals surface area contributed by atoms with Crippen molar-refractivity contribution in [2.24, 2.45) is 0 Å². The van der Waals surface area contributed by atoms with Gasteiger partial charge in [-0.15, -0.1) is 0 Å². The number of nitrogens with zero attached hydrogens (tertiary/aromatic N) is 1. The van der Waals surface area contributed by atoms with Crippen LogP contribution >= 0.6 is 0 Å². The molecule has 0 aliphatic carbocycles. The Labute approximate surface area is 170 Å². The fourth-order valence-electron chi connectivity index (χ4n) is 3.43. The number of aryl methyl sites for hydroxylation is 3. The van der Waals surface area contributed by atoms with Crippen molar-refractivity contribution >= 4 is 5.78 Å². The van der Waals surface area contributed by atoms with Gasteiger partial charge in [0, 0.05) is 23.5 Å². The zero-order valence-corrected chi connectivity index (χ0v) is 17.3. The van der Waals surface area contributed by atoms with Crippen LogP contribution in [0.25, 0.3) is 0 Å². The molecule has 0 bridgehead atoms. The number of methoxy groups -OCH3 is 1. The first kappa shape index (κ1) is 20.6. The van der Waals surface area contributed by atoms with Crippen molar-refractivity contribution < 1.29 is 18.7 Å². The highest BCUT2D eigenvalue weighted by molar-refractivity contribution is 5.98. The lowest BCUT2D eigenvalue weighted by atomic mass is 10.1. The van der Waals surface area contributed by atoms with Gasteiger partial charge in [0.2, 0.25) is 5.78 Å². The van der Waals surface area contributed by atoms with E-state index in [1.807, 2.05) is 45.0 Å². The van der Waals surface area contributed by atoms with Gasteiger partial charge in [0.1, 0.15) is 5.82 Å². The predicted octanol–water partition coefficient (Wildman–Crippen LogP) is 5.07. The van der Waals surface area contributed by atoms with Crippen LogP contribution in [0.3, 0.4) is 0 Å². The van der Waals surface area contributed by atoms with Crippen LogP contribution in [-0.2, 0) is 13.0 Å². The van der Waals surface area contributed by atoms with Crippen LogP contribution < -0.4 is 9.47 Å². The third-order valence-electron chi connectivity index (χ3n) is 5.09. The van der Waals surface area contributed by atoms with Crippen LogP contribution in [0.4, 0.5) is 4.39 Å². The minimum atomic E-state index is -0.236. The monoisotopic (exact) mass is 395 g/mol. The van der Waals surface area contributed by atoms with Gasteiger partial charge in [0.25, 0.3) is 0 Å². The number of rotatable bonds is 8. The van der Waals surface area contributed by atoms with Gasteiger partial charge in [0.15, 0.2) is 18.1 Å². The summed E-state index contributed by atoms with van der Waals surface area (Å²) in [6.07, 6.45) is 0.765. The third kappa shape index (κ3) is 4.86. The summed E-state index contributed by atoms with van der Waals surface area (Å²) in [5.41, 5.74) is 4.70. The molecule has 0 N–H and O–H groups in total. The second kappa shape index (κ2) is 8.95. The SMILES string of the molecule is COc1cc(C)ccc1OCC(=O)c1cc(C)n(CCc2ccc(F)cc2)c1C. The summed E-state index contributed by atoms with van der Waals surface area (Å²) >= 11 is 0. The van der Waals surface area contributed by atoms with Crippen molar-refractivity contribution in [3.8, 4) is 11.5 Å². The Bertz CT molecular complexity index is 1010. The Morgan fingerprint density at radius 1 is 1.00 bits per heavy atom. The molecule has 0 fully saturated rings. The standard InChI is InChI=1S/C24H26FNO3/c1-16-5-10-23(24(13-16)28-4)29-15-22(27)21-14-17(2)26(18(21)3)12-11-19-6-8-20(25)9-7-19/h5-10,13-14H,11-12,15H2,1-4H3. The summed E-state index contributed by atoms with van der Waals surface area (Å²) in [5.74, 6) is 0.855. The van der Waals surface area contributed by atoms with Gasteiger partial charge in [-0.05, 0) is 68.7 Å². The predicted molar refractivity (Wildman–Crippen MR) is 112 cm³/mol. The molecule has 152 valence electrons. The Balaban J connectivity index is 1.68. The lowest BCUT2D eigenvalue weighted by Gasteiger charge is -2.12. The summed E-state index contributed by atoms with van der Waals surface area (Å²) in [6, 6.07) is 14.0. The topological polar surface area (TPSA) is 40.5 Å². The highest BCUT2D eigenvalue weighted by Crippen LogP contribution is 2.28. The van der Waals surface area contributed by atoms with E-state index < -0.39 is 0 Å². The van der Waals surface area contributed by atoms with Crippen LogP contribution in [0.1, 0.15) is 32.9 Å². The summed E-state index contributed by atoms with van der Waals surface area (Å²) in [4.78, 5) is 12.8. The first-order valence-corrected chi connectivity index (χ1v) is 9.61. The maximum atomic E-state index is 13.1.